The summed E-state index contributed by atoms with van der Waals surface area (Å²) in [5.74, 6) is 0. The molecule has 0 spiro atoms. The molecular formula is C8H13F7. The van der Waals surface area contributed by atoms with Crippen molar-refractivity contribution in [2.75, 3.05) is 6.67 Å². The van der Waals surface area contributed by atoms with Crippen molar-refractivity contribution in [3.8, 4) is 0 Å². The Morgan fingerprint density at radius 3 is 1.20 bits per heavy atom. The van der Waals surface area contributed by atoms with Crippen LogP contribution in [0.4, 0.5) is 30.7 Å². The Hall–Kier alpha value is -0.490. The van der Waals surface area contributed by atoms with Gasteiger partial charge < -0.3 is 0 Å². The molecule has 0 atom stereocenters. The van der Waals surface area contributed by atoms with Crippen LogP contribution in [0.2, 0.25) is 0 Å². The van der Waals surface area contributed by atoms with Gasteiger partial charge in [0, 0.05) is 0 Å². The average molecular weight is 242 g/mol. The van der Waals surface area contributed by atoms with Crippen molar-refractivity contribution >= 4 is 0 Å². The van der Waals surface area contributed by atoms with Gasteiger partial charge in [0.2, 0.25) is 0 Å². The van der Waals surface area contributed by atoms with E-state index in [1.54, 1.807) is 0 Å². The van der Waals surface area contributed by atoms with E-state index in [2.05, 4.69) is 0 Å². The Labute approximate surface area is 83.5 Å². The number of rotatable bonds is 3. The number of halogens is 7. The SMILES string of the molecule is CCCCF.FC(F)(F)CCC(F)(F)F. The van der Waals surface area contributed by atoms with Crippen molar-refractivity contribution in [2.45, 2.75) is 45.0 Å². The molecule has 0 aromatic heterocycles. The molecule has 0 saturated heterocycles. The van der Waals surface area contributed by atoms with E-state index >= 15 is 0 Å². The summed E-state index contributed by atoms with van der Waals surface area (Å²) in [5, 5.41) is 0. The lowest BCUT2D eigenvalue weighted by Crippen LogP contribution is -2.15. The molecule has 0 aromatic carbocycles. The van der Waals surface area contributed by atoms with Crippen LogP contribution in [-0.2, 0) is 0 Å². The van der Waals surface area contributed by atoms with Crippen LogP contribution < -0.4 is 0 Å². The maximum absolute atomic E-state index is 11.1. The van der Waals surface area contributed by atoms with Crippen LogP contribution in [0.15, 0.2) is 0 Å². The maximum atomic E-state index is 11.1. The minimum Gasteiger partial charge on any atom is -0.251 e. The van der Waals surface area contributed by atoms with Gasteiger partial charge in [-0.1, -0.05) is 13.3 Å². The summed E-state index contributed by atoms with van der Waals surface area (Å²) < 4.78 is 77.5. The number of alkyl halides is 7. The van der Waals surface area contributed by atoms with Crippen LogP contribution in [0, 0.1) is 0 Å². The van der Waals surface area contributed by atoms with Gasteiger partial charge in [0.1, 0.15) is 0 Å². The molecule has 0 nitrogen and oxygen atoms in total. The van der Waals surface area contributed by atoms with Gasteiger partial charge in [-0.15, -0.1) is 0 Å². The standard InChI is InChI=1S/C4H4F6.C4H9F/c5-3(6,7)1-2-4(8,9)10;1-2-3-4-5/h1-2H2;2-4H2,1H3. The first kappa shape index (κ1) is 16.9. The van der Waals surface area contributed by atoms with Gasteiger partial charge >= 0.3 is 12.4 Å². The van der Waals surface area contributed by atoms with E-state index < -0.39 is 25.2 Å². The largest absolute Gasteiger partial charge is 0.389 e. The molecular weight excluding hydrogens is 229 g/mol. The summed E-state index contributed by atoms with van der Waals surface area (Å²) in [6, 6.07) is 0. The molecule has 0 aliphatic heterocycles. The molecule has 0 heterocycles. The highest BCUT2D eigenvalue weighted by Gasteiger charge is 2.36. The Kier molecular flexibility index (Phi) is 8.75. The second-order valence-corrected chi connectivity index (χ2v) is 2.77. The van der Waals surface area contributed by atoms with E-state index in [1.807, 2.05) is 6.92 Å². The second kappa shape index (κ2) is 7.76. The van der Waals surface area contributed by atoms with E-state index in [0.29, 0.717) is 0 Å². The molecule has 0 rings (SSSR count). The fourth-order valence-corrected chi connectivity index (χ4v) is 0.417. The number of hydrogen-bond donors (Lipinski definition) is 0. The highest BCUT2D eigenvalue weighted by molar-refractivity contribution is 4.56. The molecule has 0 bridgehead atoms. The monoisotopic (exact) mass is 242 g/mol. The highest BCUT2D eigenvalue weighted by Crippen LogP contribution is 2.29. The zero-order chi connectivity index (χ0) is 12.5. The van der Waals surface area contributed by atoms with Crippen molar-refractivity contribution in [3.63, 3.8) is 0 Å². The van der Waals surface area contributed by atoms with Crippen LogP contribution in [0.25, 0.3) is 0 Å². The third-order valence-corrected chi connectivity index (χ3v) is 1.18. The molecule has 0 fully saturated rings. The Bertz CT molecular complexity index is 119. The van der Waals surface area contributed by atoms with Crippen LogP contribution >= 0.6 is 0 Å². The van der Waals surface area contributed by atoms with E-state index in [-0.39, 0.29) is 6.67 Å². The summed E-state index contributed by atoms with van der Waals surface area (Å²) in [6.07, 6.45) is -11.3. The first-order chi connectivity index (χ1) is 6.62. The van der Waals surface area contributed by atoms with Crippen molar-refractivity contribution in [1.82, 2.24) is 0 Å². The van der Waals surface area contributed by atoms with E-state index in [9.17, 15) is 30.7 Å². The van der Waals surface area contributed by atoms with Crippen LogP contribution in [0.5, 0.6) is 0 Å². The van der Waals surface area contributed by atoms with Gasteiger partial charge in [-0.05, 0) is 6.42 Å². The van der Waals surface area contributed by atoms with Crippen LogP contribution in [0.1, 0.15) is 32.6 Å². The molecule has 0 aliphatic carbocycles. The summed E-state index contributed by atoms with van der Waals surface area (Å²) in [6.45, 7) is 1.82. The van der Waals surface area contributed by atoms with Gasteiger partial charge in [0.15, 0.2) is 0 Å². The molecule has 7 heteroatoms. The summed E-state index contributed by atoms with van der Waals surface area (Å²) in [5.41, 5.74) is 0. The van der Waals surface area contributed by atoms with E-state index in [0.717, 1.165) is 12.8 Å². The summed E-state index contributed by atoms with van der Waals surface area (Å²) >= 11 is 0. The van der Waals surface area contributed by atoms with Crippen molar-refractivity contribution in [1.29, 1.82) is 0 Å². The Morgan fingerprint density at radius 2 is 1.13 bits per heavy atom. The molecule has 0 amide bonds. The predicted octanol–water partition coefficient (Wildman–Crippen LogP) is 4.65. The second-order valence-electron chi connectivity index (χ2n) is 2.77. The average Bonchev–Trinajstić information content (AvgIpc) is 2.01. The zero-order valence-electron chi connectivity index (χ0n) is 8.18. The number of hydrogen-bond acceptors (Lipinski definition) is 0. The van der Waals surface area contributed by atoms with Crippen molar-refractivity contribution in [3.05, 3.63) is 0 Å². The zero-order valence-corrected chi connectivity index (χ0v) is 8.18. The first-order valence-corrected chi connectivity index (χ1v) is 4.32. The van der Waals surface area contributed by atoms with Crippen molar-refractivity contribution < 1.29 is 30.7 Å². The topological polar surface area (TPSA) is 0 Å². The normalized spacial score (nSPS) is 12.0. The van der Waals surface area contributed by atoms with Gasteiger partial charge in [-0.25, -0.2) is 0 Å². The molecule has 0 radical (unpaired) electrons. The molecule has 0 saturated carbocycles. The molecule has 0 unspecified atom stereocenters. The Balaban J connectivity index is 0. The lowest BCUT2D eigenvalue weighted by Gasteiger charge is -2.07. The maximum Gasteiger partial charge on any atom is 0.389 e. The molecule has 0 N–H and O–H groups in total. The van der Waals surface area contributed by atoms with Crippen LogP contribution in [0.3, 0.4) is 0 Å². The van der Waals surface area contributed by atoms with Crippen LogP contribution in [-0.4, -0.2) is 19.0 Å². The van der Waals surface area contributed by atoms with E-state index in [1.165, 1.54) is 0 Å². The molecule has 0 aliphatic rings. The minimum atomic E-state index is -4.71. The lowest BCUT2D eigenvalue weighted by atomic mass is 10.3. The molecule has 0 aromatic rings. The third kappa shape index (κ3) is 24.7. The predicted molar refractivity (Wildman–Crippen MR) is 42.2 cm³/mol. The van der Waals surface area contributed by atoms with E-state index in [4.69, 9.17) is 0 Å². The van der Waals surface area contributed by atoms with Gasteiger partial charge in [0.25, 0.3) is 0 Å². The minimum absolute atomic E-state index is 0.156. The summed E-state index contributed by atoms with van der Waals surface area (Å²) in [4.78, 5) is 0. The van der Waals surface area contributed by atoms with Gasteiger partial charge in [-0.3, -0.25) is 4.39 Å². The highest BCUT2D eigenvalue weighted by atomic mass is 19.4. The lowest BCUT2D eigenvalue weighted by molar-refractivity contribution is -0.183. The van der Waals surface area contributed by atoms with Gasteiger partial charge in [0.05, 0.1) is 19.5 Å². The fourth-order valence-electron chi connectivity index (χ4n) is 0.417. The third-order valence-electron chi connectivity index (χ3n) is 1.18. The summed E-state index contributed by atoms with van der Waals surface area (Å²) in [7, 11) is 0. The smallest absolute Gasteiger partial charge is 0.251 e. The van der Waals surface area contributed by atoms with Gasteiger partial charge in [-0.2, -0.15) is 26.3 Å². The molecule has 94 valence electrons. The Morgan fingerprint density at radius 1 is 0.800 bits per heavy atom. The first-order valence-electron chi connectivity index (χ1n) is 4.32. The molecule has 15 heavy (non-hydrogen) atoms. The fraction of sp³-hybridized carbons (Fsp3) is 1.00. The number of unbranched alkanes of at least 4 members (excludes halogenated alkanes) is 1. The quantitative estimate of drug-likeness (QED) is 0.632. The van der Waals surface area contributed by atoms with Crippen molar-refractivity contribution in [2.24, 2.45) is 0 Å².